The van der Waals surface area contributed by atoms with Crippen molar-refractivity contribution in [3.8, 4) is 17.6 Å². The first kappa shape index (κ1) is 12.7. The zero-order valence-corrected chi connectivity index (χ0v) is 10.4. The third-order valence-corrected chi connectivity index (χ3v) is 3.16. The van der Waals surface area contributed by atoms with Crippen molar-refractivity contribution in [2.45, 2.75) is 31.3 Å². The first-order valence-electron chi connectivity index (χ1n) is 6.07. The van der Waals surface area contributed by atoms with Gasteiger partial charge in [0.25, 0.3) is 0 Å². The van der Waals surface area contributed by atoms with Crippen LogP contribution in [0.4, 0.5) is 0 Å². The molecule has 1 aromatic carbocycles. The maximum atomic E-state index is 11.7. The summed E-state index contributed by atoms with van der Waals surface area (Å²) in [7, 11) is 1.57. The first-order valence-corrected chi connectivity index (χ1v) is 6.07. The van der Waals surface area contributed by atoms with E-state index in [1.807, 2.05) is 18.2 Å². The maximum absolute atomic E-state index is 11.7. The number of rotatable bonds is 1. The molecule has 1 aliphatic rings. The van der Waals surface area contributed by atoms with Crippen molar-refractivity contribution >= 4 is 5.78 Å². The number of hydrogen-bond donors (Lipinski definition) is 1. The molecular weight excluding hydrogens is 228 g/mol. The highest BCUT2D eigenvalue weighted by molar-refractivity contribution is 5.91. The molecular formula is C15H16O3. The van der Waals surface area contributed by atoms with Crippen molar-refractivity contribution in [2.75, 3.05) is 7.11 Å². The molecule has 3 nitrogen and oxygen atoms in total. The average molecular weight is 244 g/mol. The van der Waals surface area contributed by atoms with Gasteiger partial charge < -0.3 is 9.84 Å². The number of ether oxygens (including phenoxy) is 1. The number of Topliss-reactive ketones (excluding diaryl/α,β-unsaturated/α-hetero) is 1. The Kier molecular flexibility index (Phi) is 3.69. The molecule has 2 rings (SSSR count). The van der Waals surface area contributed by atoms with Gasteiger partial charge in [-0.2, -0.15) is 0 Å². The highest BCUT2D eigenvalue weighted by atomic mass is 16.5. The lowest BCUT2D eigenvalue weighted by Crippen LogP contribution is -2.39. The summed E-state index contributed by atoms with van der Waals surface area (Å²) in [4.78, 5) is 11.7. The molecule has 1 unspecified atom stereocenters. The quantitative estimate of drug-likeness (QED) is 0.768. The van der Waals surface area contributed by atoms with E-state index in [4.69, 9.17) is 4.74 Å². The molecule has 0 saturated heterocycles. The van der Waals surface area contributed by atoms with Crippen LogP contribution in [0.15, 0.2) is 24.3 Å². The molecule has 3 heteroatoms. The number of hydrogen-bond acceptors (Lipinski definition) is 3. The van der Waals surface area contributed by atoms with Gasteiger partial charge in [0.15, 0.2) is 11.4 Å². The van der Waals surface area contributed by atoms with Gasteiger partial charge in [-0.3, -0.25) is 4.79 Å². The average Bonchev–Trinajstić information content (AvgIpc) is 2.40. The van der Waals surface area contributed by atoms with Gasteiger partial charge in [-0.15, -0.1) is 0 Å². The van der Waals surface area contributed by atoms with Crippen LogP contribution in [0.5, 0.6) is 5.75 Å². The molecule has 1 aliphatic carbocycles. The fourth-order valence-electron chi connectivity index (χ4n) is 2.06. The first-order chi connectivity index (χ1) is 8.65. The Bertz CT molecular complexity index is 510. The van der Waals surface area contributed by atoms with Crippen LogP contribution in [0.1, 0.15) is 31.2 Å². The lowest BCUT2D eigenvalue weighted by atomic mass is 9.84. The Balaban J connectivity index is 2.28. The fraction of sp³-hybridized carbons (Fsp3) is 0.400. The molecule has 0 aromatic heterocycles. The van der Waals surface area contributed by atoms with Crippen LogP contribution < -0.4 is 4.74 Å². The molecule has 1 N–H and O–H groups in total. The van der Waals surface area contributed by atoms with E-state index in [-0.39, 0.29) is 5.78 Å². The molecule has 1 fully saturated rings. The van der Waals surface area contributed by atoms with Crippen LogP contribution in [0.2, 0.25) is 0 Å². The highest BCUT2D eigenvalue weighted by Crippen LogP contribution is 2.25. The molecule has 0 heterocycles. The van der Waals surface area contributed by atoms with Gasteiger partial charge in [0, 0.05) is 6.42 Å². The van der Waals surface area contributed by atoms with Crippen molar-refractivity contribution < 1.29 is 14.6 Å². The Morgan fingerprint density at radius 2 is 2.11 bits per heavy atom. The number of aliphatic hydroxyl groups is 1. The summed E-state index contributed by atoms with van der Waals surface area (Å²) in [5, 5.41) is 10.2. The Hall–Kier alpha value is -1.79. The molecule has 1 saturated carbocycles. The maximum Gasteiger partial charge on any atom is 0.184 e. The second-order valence-corrected chi connectivity index (χ2v) is 4.44. The Morgan fingerprint density at radius 3 is 2.83 bits per heavy atom. The minimum Gasteiger partial charge on any atom is -0.495 e. The summed E-state index contributed by atoms with van der Waals surface area (Å²) in [5.41, 5.74) is -0.786. The van der Waals surface area contributed by atoms with Crippen LogP contribution >= 0.6 is 0 Å². The topological polar surface area (TPSA) is 46.5 Å². The third kappa shape index (κ3) is 2.55. The standard InChI is InChI=1S/C15H16O3/c1-18-13-7-3-2-6-12(13)9-11-15(17)10-5-4-8-14(15)16/h2-3,6-7,17H,4-5,8,10H2,1H3. The van der Waals surface area contributed by atoms with E-state index in [0.29, 0.717) is 24.2 Å². The largest absolute Gasteiger partial charge is 0.495 e. The van der Waals surface area contributed by atoms with Crippen molar-refractivity contribution in [3.05, 3.63) is 29.8 Å². The van der Waals surface area contributed by atoms with E-state index in [9.17, 15) is 9.90 Å². The molecule has 0 bridgehead atoms. The van der Waals surface area contributed by atoms with E-state index in [2.05, 4.69) is 11.8 Å². The molecule has 94 valence electrons. The van der Waals surface area contributed by atoms with E-state index in [0.717, 1.165) is 12.8 Å². The minimum absolute atomic E-state index is 0.170. The zero-order valence-electron chi connectivity index (χ0n) is 10.4. The Morgan fingerprint density at radius 1 is 1.33 bits per heavy atom. The highest BCUT2D eigenvalue weighted by Gasteiger charge is 2.35. The normalized spacial score (nSPS) is 23.1. The van der Waals surface area contributed by atoms with Crippen molar-refractivity contribution in [1.29, 1.82) is 0 Å². The monoisotopic (exact) mass is 244 g/mol. The van der Waals surface area contributed by atoms with Crippen molar-refractivity contribution in [3.63, 3.8) is 0 Å². The molecule has 0 spiro atoms. The summed E-state index contributed by atoms with van der Waals surface area (Å²) in [6.07, 6.45) is 2.52. The van der Waals surface area contributed by atoms with Crippen LogP contribution in [0, 0.1) is 11.8 Å². The van der Waals surface area contributed by atoms with E-state index in [1.165, 1.54) is 0 Å². The van der Waals surface area contributed by atoms with Crippen LogP contribution in [-0.2, 0) is 4.79 Å². The van der Waals surface area contributed by atoms with Gasteiger partial charge in [-0.05, 0) is 31.4 Å². The predicted molar refractivity (Wildman–Crippen MR) is 68.3 cm³/mol. The van der Waals surface area contributed by atoms with Gasteiger partial charge >= 0.3 is 0 Å². The van der Waals surface area contributed by atoms with Crippen LogP contribution in [0.3, 0.4) is 0 Å². The lowest BCUT2D eigenvalue weighted by Gasteiger charge is -2.24. The second kappa shape index (κ2) is 5.24. The number of carbonyl (C=O) groups is 1. The van der Waals surface area contributed by atoms with E-state index < -0.39 is 5.60 Å². The van der Waals surface area contributed by atoms with E-state index in [1.54, 1.807) is 13.2 Å². The lowest BCUT2D eigenvalue weighted by molar-refractivity contribution is -0.134. The smallest absolute Gasteiger partial charge is 0.184 e. The van der Waals surface area contributed by atoms with Gasteiger partial charge in [0.1, 0.15) is 5.75 Å². The van der Waals surface area contributed by atoms with Gasteiger partial charge in [-0.1, -0.05) is 24.0 Å². The van der Waals surface area contributed by atoms with Crippen LogP contribution in [0.25, 0.3) is 0 Å². The van der Waals surface area contributed by atoms with Crippen molar-refractivity contribution in [1.82, 2.24) is 0 Å². The van der Waals surface area contributed by atoms with Gasteiger partial charge in [0.2, 0.25) is 0 Å². The van der Waals surface area contributed by atoms with Gasteiger partial charge in [0.05, 0.1) is 12.7 Å². The zero-order chi connectivity index (χ0) is 13.0. The van der Waals surface area contributed by atoms with E-state index >= 15 is 0 Å². The second-order valence-electron chi connectivity index (χ2n) is 4.44. The number of para-hydroxylation sites is 1. The molecule has 18 heavy (non-hydrogen) atoms. The number of methoxy groups -OCH3 is 1. The summed E-state index contributed by atoms with van der Waals surface area (Å²) in [6, 6.07) is 7.31. The number of carbonyl (C=O) groups excluding carboxylic acids is 1. The summed E-state index contributed by atoms with van der Waals surface area (Å²) >= 11 is 0. The third-order valence-electron chi connectivity index (χ3n) is 3.16. The Labute approximate surface area is 107 Å². The van der Waals surface area contributed by atoms with Gasteiger partial charge in [-0.25, -0.2) is 0 Å². The number of benzene rings is 1. The summed E-state index contributed by atoms with van der Waals surface area (Å²) in [5.74, 6) is 6.05. The van der Waals surface area contributed by atoms with Crippen molar-refractivity contribution in [2.24, 2.45) is 0 Å². The predicted octanol–water partition coefficient (Wildman–Crippen LogP) is 1.92. The fourth-order valence-corrected chi connectivity index (χ4v) is 2.06. The number of ketones is 1. The molecule has 1 aromatic rings. The molecule has 0 amide bonds. The van der Waals surface area contributed by atoms with Crippen LogP contribution in [-0.4, -0.2) is 23.6 Å². The minimum atomic E-state index is -1.47. The molecule has 0 aliphatic heterocycles. The SMILES string of the molecule is COc1ccccc1C#CC1(O)CCCCC1=O. The molecule has 0 radical (unpaired) electrons. The molecule has 1 atom stereocenters. The summed E-state index contributed by atoms with van der Waals surface area (Å²) in [6.45, 7) is 0. The summed E-state index contributed by atoms with van der Waals surface area (Å²) < 4.78 is 5.18.